The average Bonchev–Trinajstić information content (AvgIpc) is 1.81. The van der Waals surface area contributed by atoms with Crippen LogP contribution in [-0.2, 0) is 0 Å². The maximum atomic E-state index is 2.42. The Hall–Kier alpha value is 0.0649. The van der Waals surface area contributed by atoms with E-state index < -0.39 is 0 Å². The van der Waals surface area contributed by atoms with Gasteiger partial charge in [-0.2, -0.15) is 0 Å². The lowest BCUT2D eigenvalue weighted by molar-refractivity contribution is 0.363. The Kier molecular flexibility index (Phi) is 5.75. The minimum Gasteiger partial charge on any atom is -0.0861 e. The first-order chi connectivity index (χ1) is 5.86. The molecule has 0 heterocycles. The van der Waals surface area contributed by atoms with Gasteiger partial charge in [0, 0.05) is 0 Å². The van der Waals surface area contributed by atoms with E-state index in [-0.39, 0.29) is 0 Å². The SMILES string of the molecule is CB(C)C(C(C)C)[C@H](C)CC(C)C. The first-order valence-corrected chi connectivity index (χ1v) is 5.86. The van der Waals surface area contributed by atoms with Crippen molar-refractivity contribution in [3.8, 4) is 0 Å². The summed E-state index contributed by atoms with van der Waals surface area (Å²) >= 11 is 0. The Morgan fingerprint density at radius 3 is 1.62 bits per heavy atom. The van der Waals surface area contributed by atoms with Gasteiger partial charge in [-0.25, -0.2) is 0 Å². The van der Waals surface area contributed by atoms with Crippen LogP contribution in [0.1, 0.15) is 41.0 Å². The summed E-state index contributed by atoms with van der Waals surface area (Å²) in [6, 6.07) is 0. The fraction of sp³-hybridized carbons (Fsp3) is 1.00. The second kappa shape index (κ2) is 5.72. The zero-order chi connectivity index (χ0) is 10.6. The monoisotopic (exact) mass is 182 g/mol. The summed E-state index contributed by atoms with van der Waals surface area (Å²) in [6.07, 6.45) is 1.38. The van der Waals surface area contributed by atoms with Crippen LogP contribution in [0.3, 0.4) is 0 Å². The van der Waals surface area contributed by atoms with Crippen LogP contribution >= 0.6 is 0 Å². The Morgan fingerprint density at radius 1 is 0.923 bits per heavy atom. The van der Waals surface area contributed by atoms with Crippen LogP contribution in [0.5, 0.6) is 0 Å². The van der Waals surface area contributed by atoms with E-state index in [9.17, 15) is 0 Å². The van der Waals surface area contributed by atoms with E-state index in [1.807, 2.05) is 0 Å². The van der Waals surface area contributed by atoms with Crippen molar-refractivity contribution in [1.82, 2.24) is 0 Å². The molecule has 0 aliphatic carbocycles. The summed E-state index contributed by atoms with van der Waals surface area (Å²) in [5.41, 5.74) is 0. The van der Waals surface area contributed by atoms with Crippen LogP contribution in [0.2, 0.25) is 19.5 Å². The van der Waals surface area contributed by atoms with E-state index in [0.29, 0.717) is 0 Å². The summed E-state index contributed by atoms with van der Waals surface area (Å²) in [7, 11) is 0. The zero-order valence-corrected chi connectivity index (χ0v) is 10.6. The molecule has 0 aromatic heterocycles. The van der Waals surface area contributed by atoms with Crippen LogP contribution in [0.4, 0.5) is 0 Å². The van der Waals surface area contributed by atoms with Crippen LogP contribution in [-0.4, -0.2) is 6.71 Å². The molecule has 1 heteroatoms. The highest BCUT2D eigenvalue weighted by Crippen LogP contribution is 2.34. The third-order valence-electron chi connectivity index (χ3n) is 3.04. The van der Waals surface area contributed by atoms with Gasteiger partial charge in [-0.05, 0) is 18.3 Å². The fourth-order valence-electron chi connectivity index (χ4n) is 2.98. The molecule has 0 spiro atoms. The maximum absolute atomic E-state index is 2.42. The van der Waals surface area contributed by atoms with Gasteiger partial charge in [0.15, 0.2) is 0 Å². The lowest BCUT2D eigenvalue weighted by atomic mass is 9.39. The molecule has 0 rings (SSSR count). The van der Waals surface area contributed by atoms with Crippen molar-refractivity contribution in [2.45, 2.75) is 60.5 Å². The standard InChI is InChI=1S/C12H27B/c1-9(2)8-11(5)12(10(3)4)13(6)7/h9-12H,8H2,1-7H3/t11-,12?/m1/s1. The van der Waals surface area contributed by atoms with Gasteiger partial charge in [0.05, 0.1) is 0 Å². The molecule has 0 aromatic rings. The van der Waals surface area contributed by atoms with Crippen LogP contribution in [0, 0.1) is 17.8 Å². The summed E-state index contributed by atoms with van der Waals surface area (Å²) in [5.74, 6) is 3.44. The van der Waals surface area contributed by atoms with E-state index in [2.05, 4.69) is 48.3 Å². The van der Waals surface area contributed by atoms with E-state index in [1.165, 1.54) is 6.42 Å². The molecule has 0 saturated carbocycles. The zero-order valence-electron chi connectivity index (χ0n) is 10.6. The highest BCUT2D eigenvalue weighted by atomic mass is 14.2. The van der Waals surface area contributed by atoms with Crippen molar-refractivity contribution in [2.75, 3.05) is 0 Å². The van der Waals surface area contributed by atoms with Crippen LogP contribution in [0.25, 0.3) is 0 Å². The molecule has 0 aromatic carbocycles. The van der Waals surface area contributed by atoms with Crippen molar-refractivity contribution in [2.24, 2.45) is 17.8 Å². The van der Waals surface area contributed by atoms with Gasteiger partial charge >= 0.3 is 0 Å². The molecule has 0 nitrogen and oxygen atoms in total. The predicted molar refractivity (Wildman–Crippen MR) is 64.7 cm³/mol. The number of hydrogen-bond acceptors (Lipinski definition) is 0. The number of hydrogen-bond donors (Lipinski definition) is 0. The predicted octanol–water partition coefficient (Wildman–Crippen LogP) is 4.45. The highest BCUT2D eigenvalue weighted by molar-refractivity contribution is 6.57. The van der Waals surface area contributed by atoms with Gasteiger partial charge in [-0.3, -0.25) is 0 Å². The number of rotatable bonds is 5. The smallest absolute Gasteiger partial charge is 0.0861 e. The minimum atomic E-state index is 0.828. The lowest BCUT2D eigenvalue weighted by Gasteiger charge is -2.30. The Balaban J connectivity index is 4.20. The average molecular weight is 182 g/mol. The van der Waals surface area contributed by atoms with Crippen LogP contribution < -0.4 is 0 Å². The molecule has 0 bridgehead atoms. The molecule has 78 valence electrons. The van der Waals surface area contributed by atoms with E-state index in [0.717, 1.165) is 30.3 Å². The fourth-order valence-corrected chi connectivity index (χ4v) is 2.98. The Bertz CT molecular complexity index is 119. The molecule has 1 unspecified atom stereocenters. The molecule has 0 radical (unpaired) electrons. The largest absolute Gasteiger partial charge is 0.137 e. The topological polar surface area (TPSA) is 0 Å². The van der Waals surface area contributed by atoms with Crippen molar-refractivity contribution >= 4 is 6.71 Å². The molecule has 0 aliphatic heterocycles. The summed E-state index contributed by atoms with van der Waals surface area (Å²) < 4.78 is 0. The molecule has 0 N–H and O–H groups in total. The second-order valence-electron chi connectivity index (χ2n) is 5.67. The van der Waals surface area contributed by atoms with Gasteiger partial charge in [0.25, 0.3) is 0 Å². The highest BCUT2D eigenvalue weighted by Gasteiger charge is 2.25. The van der Waals surface area contributed by atoms with E-state index in [4.69, 9.17) is 0 Å². The Labute approximate surface area is 85.6 Å². The van der Waals surface area contributed by atoms with Crippen molar-refractivity contribution in [3.05, 3.63) is 0 Å². The summed E-state index contributed by atoms with van der Waals surface area (Å²) in [6.45, 7) is 17.4. The first kappa shape index (κ1) is 13.1. The third-order valence-corrected chi connectivity index (χ3v) is 3.04. The quantitative estimate of drug-likeness (QED) is 0.551. The van der Waals surface area contributed by atoms with Gasteiger partial charge in [-0.1, -0.05) is 60.0 Å². The van der Waals surface area contributed by atoms with Crippen LogP contribution in [0.15, 0.2) is 0 Å². The molecular weight excluding hydrogens is 155 g/mol. The van der Waals surface area contributed by atoms with Crippen molar-refractivity contribution in [1.29, 1.82) is 0 Å². The third kappa shape index (κ3) is 4.74. The van der Waals surface area contributed by atoms with E-state index >= 15 is 0 Å². The summed E-state index contributed by atoms with van der Waals surface area (Å²) in [5, 5.41) is 0. The van der Waals surface area contributed by atoms with E-state index in [1.54, 1.807) is 0 Å². The van der Waals surface area contributed by atoms with Crippen molar-refractivity contribution in [3.63, 3.8) is 0 Å². The normalized spacial score (nSPS) is 16.4. The van der Waals surface area contributed by atoms with Gasteiger partial charge in [-0.15, -0.1) is 0 Å². The molecule has 0 amide bonds. The Morgan fingerprint density at radius 2 is 1.38 bits per heavy atom. The lowest BCUT2D eigenvalue weighted by Crippen LogP contribution is -2.25. The maximum Gasteiger partial charge on any atom is 0.137 e. The minimum absolute atomic E-state index is 0.828. The summed E-state index contributed by atoms with van der Waals surface area (Å²) in [4.78, 5) is 0. The molecule has 0 aliphatic rings. The van der Waals surface area contributed by atoms with Gasteiger partial charge < -0.3 is 0 Å². The van der Waals surface area contributed by atoms with Gasteiger partial charge in [0.1, 0.15) is 6.71 Å². The molecule has 2 atom stereocenters. The molecule has 13 heavy (non-hydrogen) atoms. The molecule has 0 saturated heterocycles. The second-order valence-corrected chi connectivity index (χ2v) is 5.67. The van der Waals surface area contributed by atoms with Crippen molar-refractivity contribution < 1.29 is 0 Å². The molecule has 0 fully saturated rings. The van der Waals surface area contributed by atoms with Gasteiger partial charge in [0.2, 0.25) is 0 Å². The molecular formula is C12H27B. The first-order valence-electron chi connectivity index (χ1n) is 5.86.